The monoisotopic (exact) mass is 564 g/mol. The van der Waals surface area contributed by atoms with Gasteiger partial charge in [0.25, 0.3) is 11.8 Å². The molecule has 0 bridgehead atoms. The van der Waals surface area contributed by atoms with Crippen molar-refractivity contribution in [2.24, 2.45) is 10.8 Å². The fourth-order valence-electron chi connectivity index (χ4n) is 5.06. The Labute approximate surface area is 232 Å². The standard InChI is InChI=1S/C26H30Cl2N4O2S2/c1-25(2)12-16(30-24(36)32-22(34)18-9-5-7-11-20(18)28)13-26(3,14-25)15-29-23(35)31-21(33)17-8-4-6-10-19(17)27/h4-11,16H,12-15H2,1-3H3,(H2,29,31,33,35)(H2,30,32,34,36)/t16-,26-/m0/s1. The zero-order valence-corrected chi connectivity index (χ0v) is 23.6. The maximum absolute atomic E-state index is 12.6. The molecule has 0 heterocycles. The Bertz CT molecular complexity index is 1170. The first-order chi connectivity index (χ1) is 16.9. The van der Waals surface area contributed by atoms with Gasteiger partial charge in [-0.2, -0.15) is 0 Å². The highest BCUT2D eigenvalue weighted by atomic mass is 35.5. The molecule has 2 amide bonds. The highest BCUT2D eigenvalue weighted by Crippen LogP contribution is 2.45. The van der Waals surface area contributed by atoms with Gasteiger partial charge in [-0.1, -0.05) is 68.2 Å². The van der Waals surface area contributed by atoms with E-state index in [9.17, 15) is 9.59 Å². The van der Waals surface area contributed by atoms with Crippen LogP contribution in [0.5, 0.6) is 0 Å². The van der Waals surface area contributed by atoms with Crippen molar-refractivity contribution in [2.45, 2.75) is 46.1 Å². The number of carbonyl (C=O) groups is 2. The number of amides is 2. The molecule has 2 atom stereocenters. The molecule has 2 aromatic rings. The van der Waals surface area contributed by atoms with E-state index in [0.717, 1.165) is 19.3 Å². The Morgan fingerprint density at radius 1 is 0.861 bits per heavy atom. The van der Waals surface area contributed by atoms with Crippen LogP contribution < -0.4 is 21.3 Å². The zero-order valence-electron chi connectivity index (χ0n) is 20.4. The third-order valence-electron chi connectivity index (χ3n) is 6.15. The molecule has 4 N–H and O–H groups in total. The van der Waals surface area contributed by atoms with Crippen LogP contribution in [0.2, 0.25) is 10.0 Å². The Morgan fingerprint density at radius 3 is 1.89 bits per heavy atom. The van der Waals surface area contributed by atoms with E-state index in [4.69, 9.17) is 47.6 Å². The minimum absolute atomic E-state index is 0.0249. The fraction of sp³-hybridized carbons (Fsp3) is 0.385. The van der Waals surface area contributed by atoms with Crippen molar-refractivity contribution in [3.05, 3.63) is 69.7 Å². The van der Waals surface area contributed by atoms with Gasteiger partial charge in [-0.25, -0.2) is 0 Å². The second-order valence-electron chi connectivity index (χ2n) is 10.3. The van der Waals surface area contributed by atoms with E-state index in [1.54, 1.807) is 48.5 Å². The molecule has 6 nitrogen and oxygen atoms in total. The number of hydrogen-bond donors (Lipinski definition) is 4. The van der Waals surface area contributed by atoms with Crippen LogP contribution in [0, 0.1) is 10.8 Å². The molecule has 2 aromatic carbocycles. The van der Waals surface area contributed by atoms with Crippen LogP contribution in [-0.4, -0.2) is 34.6 Å². The molecule has 0 saturated heterocycles. The SMILES string of the molecule is CC1(C)C[C@H](NC(=S)NC(=O)c2ccccc2Cl)C[C@](C)(CNC(=S)NC(=O)c2ccccc2Cl)C1. The highest BCUT2D eigenvalue weighted by molar-refractivity contribution is 7.80. The Kier molecular flexibility index (Phi) is 9.33. The largest absolute Gasteiger partial charge is 0.362 e. The number of hydrogen-bond acceptors (Lipinski definition) is 4. The summed E-state index contributed by atoms with van der Waals surface area (Å²) in [4.78, 5) is 25.1. The van der Waals surface area contributed by atoms with E-state index in [1.165, 1.54) is 0 Å². The molecule has 0 spiro atoms. The van der Waals surface area contributed by atoms with Crippen molar-refractivity contribution in [3.63, 3.8) is 0 Å². The Hall–Kier alpha value is -2.26. The summed E-state index contributed by atoms with van der Waals surface area (Å²) in [5, 5.41) is 13.2. The topological polar surface area (TPSA) is 82.3 Å². The second-order valence-corrected chi connectivity index (χ2v) is 11.9. The van der Waals surface area contributed by atoms with Crippen LogP contribution in [0.25, 0.3) is 0 Å². The second kappa shape index (κ2) is 11.9. The lowest BCUT2D eigenvalue weighted by Gasteiger charge is -2.47. The average Bonchev–Trinajstić information content (AvgIpc) is 2.76. The summed E-state index contributed by atoms with van der Waals surface area (Å²) in [6.45, 7) is 7.17. The van der Waals surface area contributed by atoms with Crippen molar-refractivity contribution < 1.29 is 9.59 Å². The lowest BCUT2D eigenvalue weighted by atomic mass is 9.62. The van der Waals surface area contributed by atoms with Crippen molar-refractivity contribution in [3.8, 4) is 0 Å². The van der Waals surface area contributed by atoms with Crippen LogP contribution in [0.1, 0.15) is 60.7 Å². The van der Waals surface area contributed by atoms with E-state index < -0.39 is 0 Å². The minimum Gasteiger partial charge on any atom is -0.362 e. The van der Waals surface area contributed by atoms with Crippen LogP contribution in [0.15, 0.2) is 48.5 Å². The van der Waals surface area contributed by atoms with Crippen LogP contribution in [0.3, 0.4) is 0 Å². The van der Waals surface area contributed by atoms with Crippen LogP contribution >= 0.6 is 47.6 Å². The molecule has 0 unspecified atom stereocenters. The quantitative estimate of drug-likeness (QED) is 0.359. The predicted molar refractivity (Wildman–Crippen MR) is 154 cm³/mol. The van der Waals surface area contributed by atoms with Crippen molar-refractivity contribution in [1.82, 2.24) is 21.3 Å². The molecule has 0 radical (unpaired) electrons. The highest BCUT2D eigenvalue weighted by Gasteiger charge is 2.41. The van der Waals surface area contributed by atoms with Gasteiger partial charge in [0.15, 0.2) is 10.2 Å². The molecule has 3 rings (SSSR count). The van der Waals surface area contributed by atoms with Gasteiger partial charge >= 0.3 is 0 Å². The van der Waals surface area contributed by atoms with Crippen LogP contribution in [0.4, 0.5) is 0 Å². The molecule has 1 aliphatic rings. The van der Waals surface area contributed by atoms with E-state index in [0.29, 0.717) is 27.7 Å². The first-order valence-electron chi connectivity index (χ1n) is 11.6. The van der Waals surface area contributed by atoms with Crippen molar-refractivity contribution >= 4 is 69.7 Å². The molecule has 0 aliphatic heterocycles. The maximum atomic E-state index is 12.6. The van der Waals surface area contributed by atoms with E-state index >= 15 is 0 Å². The molecular formula is C26H30Cl2N4O2S2. The van der Waals surface area contributed by atoms with Gasteiger partial charge in [-0.15, -0.1) is 0 Å². The van der Waals surface area contributed by atoms with Gasteiger partial charge in [-0.05, 0) is 78.8 Å². The Balaban J connectivity index is 1.57. The van der Waals surface area contributed by atoms with Crippen molar-refractivity contribution in [1.29, 1.82) is 0 Å². The average molecular weight is 566 g/mol. The lowest BCUT2D eigenvalue weighted by Crippen LogP contribution is -2.53. The number of halogens is 2. The van der Waals surface area contributed by atoms with Crippen LogP contribution in [-0.2, 0) is 0 Å². The predicted octanol–water partition coefficient (Wildman–Crippen LogP) is 5.49. The summed E-state index contributed by atoms with van der Waals surface area (Å²) in [6.07, 6.45) is 2.63. The molecule has 36 heavy (non-hydrogen) atoms. The van der Waals surface area contributed by atoms with E-state index in [2.05, 4.69) is 42.0 Å². The minimum atomic E-state index is -0.355. The van der Waals surface area contributed by atoms with Gasteiger partial charge in [-0.3, -0.25) is 20.2 Å². The van der Waals surface area contributed by atoms with Gasteiger partial charge in [0, 0.05) is 12.6 Å². The summed E-state index contributed by atoms with van der Waals surface area (Å²) in [5.74, 6) is -0.705. The zero-order chi connectivity index (χ0) is 26.5. The summed E-state index contributed by atoms with van der Waals surface area (Å²) >= 11 is 23.0. The third-order valence-corrected chi connectivity index (χ3v) is 7.27. The number of carbonyl (C=O) groups excluding carboxylic acids is 2. The molecule has 1 aliphatic carbocycles. The molecular weight excluding hydrogens is 535 g/mol. The molecule has 192 valence electrons. The maximum Gasteiger partial charge on any atom is 0.258 e. The number of rotatable bonds is 5. The summed E-state index contributed by atoms with van der Waals surface area (Å²) in [7, 11) is 0. The Morgan fingerprint density at radius 2 is 1.36 bits per heavy atom. The molecule has 0 aromatic heterocycles. The van der Waals surface area contributed by atoms with Gasteiger partial charge in [0.2, 0.25) is 0 Å². The lowest BCUT2D eigenvalue weighted by molar-refractivity contribution is 0.0797. The summed E-state index contributed by atoms with van der Waals surface area (Å²) in [6, 6.07) is 13.7. The van der Waals surface area contributed by atoms with Gasteiger partial charge in [0.1, 0.15) is 0 Å². The third kappa shape index (κ3) is 7.87. The molecule has 10 heteroatoms. The smallest absolute Gasteiger partial charge is 0.258 e. The van der Waals surface area contributed by atoms with E-state index in [-0.39, 0.29) is 38.9 Å². The van der Waals surface area contributed by atoms with Gasteiger partial charge < -0.3 is 10.6 Å². The first-order valence-corrected chi connectivity index (χ1v) is 13.1. The normalized spacial score (nSPS) is 20.6. The van der Waals surface area contributed by atoms with E-state index in [1.807, 2.05) is 0 Å². The summed E-state index contributed by atoms with van der Waals surface area (Å²) < 4.78 is 0. The van der Waals surface area contributed by atoms with Gasteiger partial charge in [0.05, 0.1) is 21.2 Å². The molecule has 1 saturated carbocycles. The number of nitrogens with one attached hydrogen (secondary N) is 4. The summed E-state index contributed by atoms with van der Waals surface area (Å²) in [5.41, 5.74) is 0.622. The number of benzene rings is 2. The first kappa shape index (κ1) is 28.3. The van der Waals surface area contributed by atoms with Crippen molar-refractivity contribution in [2.75, 3.05) is 6.54 Å². The fourth-order valence-corrected chi connectivity index (χ4v) is 5.93. The number of thiocarbonyl (C=S) groups is 2. The molecule has 1 fully saturated rings.